The van der Waals surface area contributed by atoms with Crippen LogP contribution in [0.2, 0.25) is 0 Å². The van der Waals surface area contributed by atoms with Crippen LogP contribution in [0, 0.1) is 0 Å². The molecule has 1 amide bonds. The summed E-state index contributed by atoms with van der Waals surface area (Å²) >= 11 is 0. The first-order valence-corrected chi connectivity index (χ1v) is 8.17. The molecule has 0 unspecified atom stereocenters. The number of aromatic amines is 1. The molecule has 25 heavy (non-hydrogen) atoms. The molecule has 2 aromatic heterocycles. The van der Waals surface area contributed by atoms with Gasteiger partial charge in [-0.25, -0.2) is 14.9 Å². The Morgan fingerprint density at radius 3 is 2.76 bits per heavy atom. The van der Waals surface area contributed by atoms with Gasteiger partial charge in [0.2, 0.25) is 11.9 Å². The molecule has 0 atom stereocenters. The van der Waals surface area contributed by atoms with Gasteiger partial charge in [-0.3, -0.25) is 0 Å². The first-order valence-electron chi connectivity index (χ1n) is 8.17. The third-order valence-corrected chi connectivity index (χ3v) is 3.61. The van der Waals surface area contributed by atoms with E-state index in [2.05, 4.69) is 25.5 Å². The molecule has 3 heterocycles. The fourth-order valence-electron chi connectivity index (χ4n) is 2.39. The second-order valence-electron chi connectivity index (χ2n) is 6.77. The third kappa shape index (κ3) is 4.61. The number of nitrogens with one attached hydrogen (secondary N) is 2. The maximum absolute atomic E-state index is 12.1. The van der Waals surface area contributed by atoms with Crippen molar-refractivity contribution in [3.05, 3.63) is 18.4 Å². The number of nitrogens with zero attached hydrogens (tertiary/aromatic N) is 5. The number of carbonyl (C=O) groups excluding carboxylic acids is 1. The first-order chi connectivity index (χ1) is 11.9. The van der Waals surface area contributed by atoms with Crippen molar-refractivity contribution in [1.29, 1.82) is 0 Å². The lowest BCUT2D eigenvalue weighted by molar-refractivity contribution is 0.0240. The minimum atomic E-state index is -0.484. The molecule has 136 valence electrons. The predicted octanol–water partition coefficient (Wildman–Crippen LogP) is 1.46. The minimum Gasteiger partial charge on any atom is -0.451 e. The Balaban J connectivity index is 1.49. The summed E-state index contributed by atoms with van der Waals surface area (Å²) in [4.78, 5) is 24.3. The van der Waals surface area contributed by atoms with E-state index in [1.54, 1.807) is 11.2 Å². The topological polar surface area (TPSA) is 112 Å². The molecule has 0 saturated carbocycles. The van der Waals surface area contributed by atoms with Gasteiger partial charge >= 0.3 is 6.09 Å². The summed E-state index contributed by atoms with van der Waals surface area (Å²) in [6.45, 7) is 8.54. The summed E-state index contributed by atoms with van der Waals surface area (Å²) < 4.78 is 10.3. The van der Waals surface area contributed by atoms with E-state index in [1.165, 1.54) is 6.39 Å². The van der Waals surface area contributed by atoms with Gasteiger partial charge in [-0.2, -0.15) is 4.98 Å². The van der Waals surface area contributed by atoms with Crippen molar-refractivity contribution in [2.24, 2.45) is 0 Å². The van der Waals surface area contributed by atoms with Gasteiger partial charge in [0.25, 0.3) is 0 Å². The molecule has 3 rings (SSSR count). The van der Waals surface area contributed by atoms with Crippen molar-refractivity contribution in [3.63, 3.8) is 0 Å². The molecular weight excluding hydrogens is 326 g/mol. The van der Waals surface area contributed by atoms with E-state index in [1.807, 2.05) is 25.7 Å². The number of hydrogen-bond donors (Lipinski definition) is 2. The van der Waals surface area contributed by atoms with Crippen molar-refractivity contribution >= 4 is 18.0 Å². The van der Waals surface area contributed by atoms with Gasteiger partial charge in [0.1, 0.15) is 11.9 Å². The quantitative estimate of drug-likeness (QED) is 0.853. The van der Waals surface area contributed by atoms with Crippen LogP contribution in [-0.4, -0.2) is 62.9 Å². The van der Waals surface area contributed by atoms with Crippen molar-refractivity contribution in [3.8, 4) is 0 Å². The van der Waals surface area contributed by atoms with E-state index < -0.39 is 5.60 Å². The van der Waals surface area contributed by atoms with Crippen LogP contribution in [0.15, 0.2) is 17.1 Å². The third-order valence-electron chi connectivity index (χ3n) is 3.61. The zero-order chi connectivity index (χ0) is 17.9. The summed E-state index contributed by atoms with van der Waals surface area (Å²) in [6, 6.07) is 0. The molecule has 10 nitrogen and oxygen atoms in total. The number of rotatable bonds is 4. The van der Waals surface area contributed by atoms with Gasteiger partial charge in [-0.15, -0.1) is 5.10 Å². The molecule has 1 aliphatic heterocycles. The number of amides is 1. The van der Waals surface area contributed by atoms with Crippen molar-refractivity contribution in [1.82, 2.24) is 25.1 Å². The molecule has 1 saturated heterocycles. The monoisotopic (exact) mass is 349 g/mol. The number of ether oxygens (including phenoxy) is 1. The van der Waals surface area contributed by atoms with E-state index in [0.717, 1.165) is 5.69 Å². The highest BCUT2D eigenvalue weighted by atomic mass is 16.6. The minimum absolute atomic E-state index is 0.280. The van der Waals surface area contributed by atoms with Crippen LogP contribution in [0.3, 0.4) is 0 Å². The highest BCUT2D eigenvalue weighted by Gasteiger charge is 2.27. The molecule has 0 spiro atoms. The molecule has 2 aromatic rings. The zero-order valence-corrected chi connectivity index (χ0v) is 14.7. The molecule has 0 aliphatic carbocycles. The SMILES string of the molecule is CC(C)(C)OC(=O)N1CCN(c2n[nH]c(NCc3cocn3)n2)CC1. The number of aromatic nitrogens is 4. The van der Waals surface area contributed by atoms with Crippen LogP contribution >= 0.6 is 0 Å². The lowest BCUT2D eigenvalue weighted by atomic mass is 10.2. The molecule has 1 fully saturated rings. The Bertz CT molecular complexity index is 684. The van der Waals surface area contributed by atoms with Crippen LogP contribution in [0.4, 0.5) is 16.7 Å². The Morgan fingerprint density at radius 1 is 1.36 bits per heavy atom. The number of piperazine rings is 1. The number of anilines is 2. The smallest absolute Gasteiger partial charge is 0.410 e. The van der Waals surface area contributed by atoms with Gasteiger partial charge < -0.3 is 24.3 Å². The summed E-state index contributed by atoms with van der Waals surface area (Å²) in [5.74, 6) is 1.17. The Labute approximate surface area is 145 Å². The fourth-order valence-corrected chi connectivity index (χ4v) is 2.39. The largest absolute Gasteiger partial charge is 0.451 e. The average Bonchev–Trinajstić information content (AvgIpc) is 3.23. The molecule has 10 heteroatoms. The van der Waals surface area contributed by atoms with Gasteiger partial charge in [-0.05, 0) is 20.8 Å². The van der Waals surface area contributed by atoms with E-state index in [4.69, 9.17) is 9.15 Å². The second-order valence-corrected chi connectivity index (χ2v) is 6.77. The van der Waals surface area contributed by atoms with Crippen LogP contribution in [0.1, 0.15) is 26.5 Å². The molecule has 1 aliphatic rings. The maximum Gasteiger partial charge on any atom is 0.410 e. The molecule has 0 radical (unpaired) electrons. The van der Waals surface area contributed by atoms with E-state index in [9.17, 15) is 4.79 Å². The van der Waals surface area contributed by atoms with E-state index in [0.29, 0.717) is 44.6 Å². The molecule has 0 aromatic carbocycles. The van der Waals surface area contributed by atoms with Crippen LogP contribution in [0.5, 0.6) is 0 Å². The number of oxazole rings is 1. The zero-order valence-electron chi connectivity index (χ0n) is 14.7. The Morgan fingerprint density at radius 2 is 2.12 bits per heavy atom. The lowest BCUT2D eigenvalue weighted by Crippen LogP contribution is -2.50. The van der Waals surface area contributed by atoms with E-state index >= 15 is 0 Å². The van der Waals surface area contributed by atoms with Gasteiger partial charge in [0.15, 0.2) is 6.39 Å². The van der Waals surface area contributed by atoms with Crippen LogP contribution in [0.25, 0.3) is 0 Å². The van der Waals surface area contributed by atoms with E-state index in [-0.39, 0.29) is 6.09 Å². The highest BCUT2D eigenvalue weighted by Crippen LogP contribution is 2.15. The number of H-pyrrole nitrogens is 1. The fraction of sp³-hybridized carbons (Fsp3) is 0.600. The average molecular weight is 349 g/mol. The van der Waals surface area contributed by atoms with Crippen molar-refractivity contribution < 1.29 is 13.9 Å². The standard InChI is InChI=1S/C15H23N7O3/c1-15(2,3)25-14(23)22-6-4-21(5-7-22)13-18-12(19-20-13)16-8-11-9-24-10-17-11/h9-10H,4-8H2,1-3H3,(H2,16,18,19,20). The maximum atomic E-state index is 12.1. The van der Waals surface area contributed by atoms with Crippen LogP contribution in [-0.2, 0) is 11.3 Å². The molecular formula is C15H23N7O3. The summed E-state index contributed by atoms with van der Waals surface area (Å²) in [7, 11) is 0. The second kappa shape index (κ2) is 6.99. The first kappa shape index (κ1) is 17.1. The summed E-state index contributed by atoms with van der Waals surface area (Å²) in [5.41, 5.74) is 0.298. The normalized spacial score (nSPS) is 15.3. The predicted molar refractivity (Wildman–Crippen MR) is 90.2 cm³/mol. The highest BCUT2D eigenvalue weighted by molar-refractivity contribution is 5.68. The van der Waals surface area contributed by atoms with Crippen molar-refractivity contribution in [2.45, 2.75) is 32.9 Å². The number of hydrogen-bond acceptors (Lipinski definition) is 8. The molecule has 2 N–H and O–H groups in total. The van der Waals surface area contributed by atoms with Gasteiger partial charge in [0, 0.05) is 26.2 Å². The summed E-state index contributed by atoms with van der Waals surface area (Å²) in [5, 5.41) is 10.2. The Hall–Kier alpha value is -2.78. The van der Waals surface area contributed by atoms with Crippen molar-refractivity contribution in [2.75, 3.05) is 36.4 Å². The van der Waals surface area contributed by atoms with Gasteiger partial charge in [-0.1, -0.05) is 0 Å². The Kier molecular flexibility index (Phi) is 4.77. The lowest BCUT2D eigenvalue weighted by Gasteiger charge is -2.35. The number of carbonyl (C=O) groups is 1. The summed E-state index contributed by atoms with van der Waals surface area (Å²) in [6.07, 6.45) is 2.67. The van der Waals surface area contributed by atoms with Crippen LogP contribution < -0.4 is 10.2 Å². The molecule has 0 bridgehead atoms. The van der Waals surface area contributed by atoms with Gasteiger partial charge in [0.05, 0.1) is 12.2 Å².